The highest BCUT2D eigenvalue weighted by molar-refractivity contribution is 6.30. The van der Waals surface area contributed by atoms with Crippen LogP contribution in [-0.4, -0.2) is 29.0 Å². The summed E-state index contributed by atoms with van der Waals surface area (Å²) in [5, 5.41) is 3.12. The smallest absolute Gasteiger partial charge is 0.337 e. The van der Waals surface area contributed by atoms with Crippen LogP contribution in [0, 0.1) is 0 Å². The standard InChI is InChI=1S/C27H22ClN3O4/c1-34-27(33)21-11-5-10-20(15-21)26(32)31-23(24-25(28)30-14-13-29-24)19-9-6-12-22(16-19)35-17-18-7-3-2-4-8-18/h2-16,23H,17H2,1H3,(H,31,32). The lowest BCUT2D eigenvalue weighted by Crippen LogP contribution is -2.30. The Morgan fingerprint density at radius 2 is 1.66 bits per heavy atom. The lowest BCUT2D eigenvalue weighted by molar-refractivity contribution is 0.0600. The highest BCUT2D eigenvalue weighted by atomic mass is 35.5. The van der Waals surface area contributed by atoms with E-state index in [0.717, 1.165) is 5.56 Å². The van der Waals surface area contributed by atoms with E-state index in [2.05, 4.69) is 15.3 Å². The number of nitrogens with zero attached hydrogens (tertiary/aromatic N) is 2. The van der Waals surface area contributed by atoms with Gasteiger partial charge in [-0.3, -0.25) is 9.78 Å². The predicted octanol–water partition coefficient (Wildman–Crippen LogP) is 5.02. The SMILES string of the molecule is COC(=O)c1cccc(C(=O)NC(c2cccc(OCc3ccccc3)c2)c2nccnc2Cl)c1. The first kappa shape index (κ1) is 23.9. The van der Waals surface area contributed by atoms with Crippen molar-refractivity contribution in [2.75, 3.05) is 7.11 Å². The Labute approximate surface area is 207 Å². The summed E-state index contributed by atoms with van der Waals surface area (Å²) in [5.74, 6) is -0.326. The van der Waals surface area contributed by atoms with Crippen LogP contribution in [-0.2, 0) is 11.3 Å². The Hall–Kier alpha value is -4.23. The number of rotatable bonds is 8. The molecule has 3 aromatic carbocycles. The number of halogens is 1. The van der Waals surface area contributed by atoms with Crippen LogP contribution < -0.4 is 10.1 Å². The van der Waals surface area contributed by atoms with Gasteiger partial charge in [0, 0.05) is 18.0 Å². The molecule has 0 fully saturated rings. The topological polar surface area (TPSA) is 90.4 Å². The monoisotopic (exact) mass is 487 g/mol. The molecule has 0 spiro atoms. The number of esters is 1. The summed E-state index contributed by atoms with van der Waals surface area (Å²) in [6.45, 7) is 0.396. The molecule has 35 heavy (non-hydrogen) atoms. The molecule has 0 aliphatic rings. The van der Waals surface area contributed by atoms with Crippen LogP contribution in [0.15, 0.2) is 91.3 Å². The molecule has 1 unspecified atom stereocenters. The maximum atomic E-state index is 13.2. The molecule has 176 valence electrons. The molecule has 0 radical (unpaired) electrons. The van der Waals surface area contributed by atoms with Crippen LogP contribution in [0.2, 0.25) is 5.15 Å². The van der Waals surface area contributed by atoms with E-state index in [1.54, 1.807) is 18.2 Å². The number of hydrogen-bond acceptors (Lipinski definition) is 6. The number of aromatic nitrogens is 2. The molecule has 4 rings (SSSR count). The minimum Gasteiger partial charge on any atom is -0.489 e. The van der Waals surface area contributed by atoms with E-state index in [4.69, 9.17) is 21.1 Å². The number of benzene rings is 3. The summed E-state index contributed by atoms with van der Waals surface area (Å²) in [4.78, 5) is 33.6. The zero-order valence-corrected chi connectivity index (χ0v) is 19.6. The van der Waals surface area contributed by atoms with Crippen molar-refractivity contribution in [1.82, 2.24) is 15.3 Å². The normalized spacial score (nSPS) is 11.4. The Morgan fingerprint density at radius 1 is 0.914 bits per heavy atom. The van der Waals surface area contributed by atoms with Gasteiger partial charge in [-0.15, -0.1) is 0 Å². The third-order valence-electron chi connectivity index (χ3n) is 5.21. The largest absolute Gasteiger partial charge is 0.489 e. The quantitative estimate of drug-likeness (QED) is 0.351. The van der Waals surface area contributed by atoms with Crippen molar-refractivity contribution in [1.29, 1.82) is 0 Å². The van der Waals surface area contributed by atoms with E-state index in [0.29, 0.717) is 23.6 Å². The molecular formula is C27H22ClN3O4. The van der Waals surface area contributed by atoms with E-state index < -0.39 is 17.9 Å². The summed E-state index contributed by atoms with van der Waals surface area (Å²) in [7, 11) is 1.29. The molecule has 8 heteroatoms. The number of hydrogen-bond donors (Lipinski definition) is 1. The summed E-state index contributed by atoms with van der Waals surface area (Å²) in [6.07, 6.45) is 2.98. The van der Waals surface area contributed by atoms with Crippen molar-refractivity contribution in [2.24, 2.45) is 0 Å². The maximum Gasteiger partial charge on any atom is 0.337 e. The second kappa shape index (κ2) is 11.3. The molecule has 1 amide bonds. The van der Waals surface area contributed by atoms with Gasteiger partial charge in [-0.05, 0) is 41.5 Å². The second-order valence-electron chi connectivity index (χ2n) is 7.56. The third kappa shape index (κ3) is 6.02. The fourth-order valence-corrected chi connectivity index (χ4v) is 3.69. The van der Waals surface area contributed by atoms with E-state index in [-0.39, 0.29) is 16.3 Å². The Kier molecular flexibility index (Phi) is 7.70. The van der Waals surface area contributed by atoms with Gasteiger partial charge in [0.25, 0.3) is 5.91 Å². The Morgan fingerprint density at radius 3 is 2.43 bits per heavy atom. The number of carbonyl (C=O) groups excluding carboxylic acids is 2. The van der Waals surface area contributed by atoms with Crippen LogP contribution in [0.3, 0.4) is 0 Å². The fourth-order valence-electron chi connectivity index (χ4n) is 3.48. The van der Waals surface area contributed by atoms with Crippen LogP contribution in [0.5, 0.6) is 5.75 Å². The van der Waals surface area contributed by atoms with Gasteiger partial charge >= 0.3 is 5.97 Å². The highest BCUT2D eigenvalue weighted by Gasteiger charge is 2.23. The average molecular weight is 488 g/mol. The number of ether oxygens (including phenoxy) is 2. The van der Waals surface area contributed by atoms with Crippen molar-refractivity contribution in [3.63, 3.8) is 0 Å². The first-order chi connectivity index (χ1) is 17.0. The summed E-state index contributed by atoms with van der Waals surface area (Å²) in [5.41, 5.74) is 2.67. The zero-order valence-electron chi connectivity index (χ0n) is 18.9. The lowest BCUT2D eigenvalue weighted by atomic mass is 10.0. The maximum absolute atomic E-state index is 13.2. The first-order valence-electron chi connectivity index (χ1n) is 10.8. The van der Waals surface area contributed by atoms with Gasteiger partial charge in [0.15, 0.2) is 5.15 Å². The van der Waals surface area contributed by atoms with Gasteiger partial charge in [0.1, 0.15) is 24.1 Å². The first-order valence-corrected chi connectivity index (χ1v) is 11.2. The minimum absolute atomic E-state index is 0.164. The molecule has 1 heterocycles. The van der Waals surface area contributed by atoms with E-state index >= 15 is 0 Å². The molecule has 0 bridgehead atoms. The van der Waals surface area contributed by atoms with Crippen molar-refractivity contribution in [2.45, 2.75) is 12.6 Å². The summed E-state index contributed by atoms with van der Waals surface area (Å²) in [6, 6.07) is 22.7. The third-order valence-corrected chi connectivity index (χ3v) is 5.51. The molecule has 0 aliphatic carbocycles. The highest BCUT2D eigenvalue weighted by Crippen LogP contribution is 2.28. The Balaban J connectivity index is 1.63. The average Bonchev–Trinajstić information content (AvgIpc) is 2.91. The molecule has 1 aromatic heterocycles. The van der Waals surface area contributed by atoms with Gasteiger partial charge in [-0.1, -0.05) is 60.1 Å². The van der Waals surface area contributed by atoms with Gasteiger partial charge in [0.2, 0.25) is 0 Å². The van der Waals surface area contributed by atoms with Crippen molar-refractivity contribution in [3.8, 4) is 5.75 Å². The van der Waals surface area contributed by atoms with Crippen LogP contribution in [0.1, 0.15) is 43.6 Å². The van der Waals surface area contributed by atoms with Crippen LogP contribution >= 0.6 is 11.6 Å². The number of nitrogens with one attached hydrogen (secondary N) is 1. The molecule has 0 aliphatic heterocycles. The van der Waals surface area contributed by atoms with Crippen LogP contribution in [0.25, 0.3) is 0 Å². The molecule has 1 N–H and O–H groups in total. The summed E-state index contributed by atoms with van der Waals surface area (Å²) >= 11 is 6.35. The zero-order chi connectivity index (χ0) is 24.6. The molecule has 0 saturated carbocycles. The van der Waals surface area contributed by atoms with Gasteiger partial charge in [0.05, 0.1) is 12.7 Å². The van der Waals surface area contributed by atoms with E-state index in [1.165, 1.54) is 25.6 Å². The number of amides is 1. The fraction of sp³-hybridized carbons (Fsp3) is 0.111. The Bertz CT molecular complexity index is 1330. The van der Waals surface area contributed by atoms with Crippen LogP contribution in [0.4, 0.5) is 0 Å². The van der Waals surface area contributed by atoms with Gasteiger partial charge in [-0.2, -0.15) is 0 Å². The lowest BCUT2D eigenvalue weighted by Gasteiger charge is -2.20. The number of carbonyl (C=O) groups is 2. The molecule has 0 saturated heterocycles. The minimum atomic E-state index is -0.717. The summed E-state index contributed by atoms with van der Waals surface area (Å²) < 4.78 is 10.7. The van der Waals surface area contributed by atoms with Gasteiger partial charge < -0.3 is 14.8 Å². The predicted molar refractivity (Wildman–Crippen MR) is 131 cm³/mol. The van der Waals surface area contributed by atoms with E-state index in [9.17, 15) is 9.59 Å². The van der Waals surface area contributed by atoms with Crippen molar-refractivity contribution in [3.05, 3.63) is 124 Å². The number of methoxy groups -OCH3 is 1. The van der Waals surface area contributed by atoms with Gasteiger partial charge in [-0.25, -0.2) is 9.78 Å². The van der Waals surface area contributed by atoms with Crippen molar-refractivity contribution >= 4 is 23.5 Å². The molecule has 1 atom stereocenters. The molecular weight excluding hydrogens is 466 g/mol. The molecule has 7 nitrogen and oxygen atoms in total. The van der Waals surface area contributed by atoms with Crippen molar-refractivity contribution < 1.29 is 19.1 Å². The molecule has 4 aromatic rings. The second-order valence-corrected chi connectivity index (χ2v) is 7.92. The van der Waals surface area contributed by atoms with E-state index in [1.807, 2.05) is 54.6 Å².